The van der Waals surface area contributed by atoms with E-state index in [9.17, 15) is 4.79 Å². The number of pyridine rings is 1. The van der Waals surface area contributed by atoms with Crippen LogP contribution in [0, 0.1) is 0 Å². The van der Waals surface area contributed by atoms with Crippen molar-refractivity contribution in [2.24, 2.45) is 0 Å². The van der Waals surface area contributed by atoms with Crippen LogP contribution in [0.15, 0.2) is 29.2 Å². The minimum Gasteiger partial charge on any atom is -0.354 e. The molecule has 1 fully saturated rings. The van der Waals surface area contributed by atoms with Gasteiger partial charge in [-0.2, -0.15) is 0 Å². The highest BCUT2D eigenvalue weighted by atomic mass is 35.5. The summed E-state index contributed by atoms with van der Waals surface area (Å²) in [7, 11) is 1.78. The topological polar surface area (TPSA) is 45.2 Å². The van der Waals surface area contributed by atoms with Crippen molar-refractivity contribution in [3.8, 4) is 0 Å². The van der Waals surface area contributed by atoms with Gasteiger partial charge in [-0.05, 0) is 48.8 Å². The predicted molar refractivity (Wildman–Crippen MR) is 98.5 cm³/mol. The van der Waals surface area contributed by atoms with Crippen LogP contribution >= 0.6 is 23.4 Å². The smallest absolute Gasteiger partial charge is 0.257 e. The maximum absolute atomic E-state index is 12.4. The molecule has 0 saturated heterocycles. The highest BCUT2D eigenvalue weighted by molar-refractivity contribution is 7.98. The molecule has 1 aliphatic carbocycles. The number of halogens is 1. The summed E-state index contributed by atoms with van der Waals surface area (Å²) in [6.07, 6.45) is 4.64. The maximum atomic E-state index is 12.4. The summed E-state index contributed by atoms with van der Waals surface area (Å²) in [4.78, 5) is 19.6. The van der Waals surface area contributed by atoms with Crippen molar-refractivity contribution in [1.29, 1.82) is 0 Å². The number of rotatable bonds is 4. The first-order valence-electron chi connectivity index (χ1n) is 7.96. The molecule has 0 spiro atoms. The lowest BCUT2D eigenvalue weighted by atomic mass is 10.1. The highest BCUT2D eigenvalue weighted by Crippen LogP contribution is 2.43. The van der Waals surface area contributed by atoms with Crippen molar-refractivity contribution in [3.63, 3.8) is 0 Å². The molecule has 0 radical (unpaired) electrons. The van der Waals surface area contributed by atoms with Crippen LogP contribution in [0.2, 0.25) is 5.15 Å². The Morgan fingerprint density at radius 3 is 2.79 bits per heavy atom. The number of anilines is 2. The fourth-order valence-electron chi connectivity index (χ4n) is 3.13. The van der Waals surface area contributed by atoms with Gasteiger partial charge < -0.3 is 10.2 Å². The van der Waals surface area contributed by atoms with Crippen molar-refractivity contribution < 1.29 is 4.79 Å². The van der Waals surface area contributed by atoms with E-state index in [1.54, 1.807) is 29.8 Å². The molecule has 1 aliphatic heterocycles. The normalized spacial score (nSPS) is 16.5. The fourth-order valence-corrected chi connectivity index (χ4v) is 3.93. The van der Waals surface area contributed by atoms with Crippen molar-refractivity contribution in [2.45, 2.75) is 30.2 Å². The van der Waals surface area contributed by atoms with Gasteiger partial charge in [0, 0.05) is 11.9 Å². The van der Waals surface area contributed by atoms with Gasteiger partial charge in [-0.3, -0.25) is 4.79 Å². The number of aromatic nitrogens is 1. The Morgan fingerprint density at radius 2 is 2.08 bits per heavy atom. The molecule has 2 aromatic rings. The monoisotopic (exact) mass is 359 g/mol. The number of carbonyl (C=O) groups excluding carboxylic acids is 1. The van der Waals surface area contributed by atoms with E-state index in [2.05, 4.69) is 34.8 Å². The second-order valence-corrected chi connectivity index (χ2v) is 7.57. The Kier molecular flexibility index (Phi) is 3.93. The van der Waals surface area contributed by atoms with Crippen molar-refractivity contribution in [1.82, 2.24) is 9.88 Å². The Hall–Kier alpha value is -1.72. The fraction of sp³-hybridized carbons (Fsp3) is 0.333. The molecule has 1 saturated carbocycles. The molecule has 124 valence electrons. The van der Waals surface area contributed by atoms with Gasteiger partial charge >= 0.3 is 0 Å². The largest absolute Gasteiger partial charge is 0.354 e. The molecule has 0 bridgehead atoms. The van der Waals surface area contributed by atoms with E-state index in [-0.39, 0.29) is 5.91 Å². The minimum atomic E-state index is -0.0167. The summed E-state index contributed by atoms with van der Waals surface area (Å²) in [6, 6.07) is 8.26. The quantitative estimate of drug-likeness (QED) is 0.636. The number of carbonyl (C=O) groups is 1. The molecular weight excluding hydrogens is 342 g/mol. The van der Waals surface area contributed by atoms with Gasteiger partial charge in [0.05, 0.1) is 29.2 Å². The van der Waals surface area contributed by atoms with Crippen LogP contribution in [0.3, 0.4) is 0 Å². The minimum absolute atomic E-state index is 0.0167. The molecule has 1 N–H and O–H groups in total. The highest BCUT2D eigenvalue weighted by Gasteiger charge is 2.30. The van der Waals surface area contributed by atoms with E-state index < -0.39 is 0 Å². The van der Waals surface area contributed by atoms with Gasteiger partial charge in [-0.25, -0.2) is 4.98 Å². The molecule has 0 atom stereocenters. The van der Waals surface area contributed by atoms with Crippen LogP contribution in [0.25, 0.3) is 0 Å². The number of amides is 1. The Balaban J connectivity index is 1.73. The Bertz CT molecular complexity index is 835. The van der Waals surface area contributed by atoms with Crippen molar-refractivity contribution in [3.05, 3.63) is 46.2 Å². The SMILES string of the molecule is CSc1cc(C2CC2)ccc1Nc1cc(Cl)nc2c1C(=O)N(C)C2. The average molecular weight is 360 g/mol. The summed E-state index contributed by atoms with van der Waals surface area (Å²) in [5, 5.41) is 3.81. The van der Waals surface area contributed by atoms with Gasteiger partial charge in [0.2, 0.25) is 0 Å². The molecule has 24 heavy (non-hydrogen) atoms. The number of nitrogens with one attached hydrogen (secondary N) is 1. The number of hydrogen-bond donors (Lipinski definition) is 1. The molecule has 6 heteroatoms. The maximum Gasteiger partial charge on any atom is 0.257 e. The van der Waals surface area contributed by atoms with E-state index in [0.717, 1.165) is 23.0 Å². The molecule has 0 unspecified atom stereocenters. The third-order valence-electron chi connectivity index (χ3n) is 4.55. The summed E-state index contributed by atoms with van der Waals surface area (Å²) >= 11 is 7.86. The third kappa shape index (κ3) is 2.76. The van der Waals surface area contributed by atoms with Crippen LogP contribution in [0.5, 0.6) is 0 Å². The second-order valence-electron chi connectivity index (χ2n) is 6.33. The van der Waals surface area contributed by atoms with E-state index >= 15 is 0 Å². The molecule has 4 nitrogen and oxygen atoms in total. The number of nitrogens with zero attached hydrogens (tertiary/aromatic N) is 2. The van der Waals surface area contributed by atoms with Crippen LogP contribution in [0.1, 0.15) is 40.4 Å². The Labute approximate surface area is 150 Å². The van der Waals surface area contributed by atoms with Crippen LogP contribution in [-0.2, 0) is 6.54 Å². The van der Waals surface area contributed by atoms with Crippen LogP contribution in [0.4, 0.5) is 11.4 Å². The first kappa shape index (κ1) is 15.8. The molecular formula is C18H18ClN3OS. The van der Waals surface area contributed by atoms with Crippen LogP contribution < -0.4 is 5.32 Å². The number of benzene rings is 1. The summed E-state index contributed by atoms with van der Waals surface area (Å²) in [6.45, 7) is 0.499. The number of hydrogen-bond acceptors (Lipinski definition) is 4. The van der Waals surface area contributed by atoms with Gasteiger partial charge in [-0.1, -0.05) is 17.7 Å². The molecule has 1 amide bonds. The van der Waals surface area contributed by atoms with Crippen molar-refractivity contribution >= 4 is 40.6 Å². The zero-order valence-electron chi connectivity index (χ0n) is 13.6. The van der Waals surface area contributed by atoms with E-state index in [1.165, 1.54) is 23.3 Å². The molecule has 2 heterocycles. The van der Waals surface area contributed by atoms with E-state index in [4.69, 9.17) is 11.6 Å². The van der Waals surface area contributed by atoms with Gasteiger partial charge in [0.25, 0.3) is 5.91 Å². The van der Waals surface area contributed by atoms with E-state index in [1.807, 2.05) is 0 Å². The zero-order valence-corrected chi connectivity index (χ0v) is 15.2. The standard InChI is InChI=1S/C18H18ClN3OS/c1-22-9-14-17(18(22)23)13(8-16(19)21-14)20-12-6-5-11(10-3-4-10)7-15(12)24-2/h5-8,10H,3-4,9H2,1-2H3,(H,20,21). The lowest BCUT2D eigenvalue weighted by Gasteiger charge is -2.15. The van der Waals surface area contributed by atoms with Gasteiger partial charge in [0.15, 0.2) is 0 Å². The predicted octanol–water partition coefficient (Wildman–Crippen LogP) is 4.66. The van der Waals surface area contributed by atoms with Crippen molar-refractivity contribution in [2.75, 3.05) is 18.6 Å². The molecule has 4 rings (SSSR count). The molecule has 1 aromatic carbocycles. The first-order chi connectivity index (χ1) is 11.6. The summed E-state index contributed by atoms with van der Waals surface area (Å²) in [5.41, 5.74) is 4.49. The lowest BCUT2D eigenvalue weighted by molar-refractivity contribution is 0.0817. The molecule has 1 aromatic heterocycles. The van der Waals surface area contributed by atoms with Gasteiger partial charge in [0.1, 0.15) is 5.15 Å². The lowest BCUT2D eigenvalue weighted by Crippen LogP contribution is -2.18. The molecule has 2 aliphatic rings. The van der Waals surface area contributed by atoms with Crippen LogP contribution in [-0.4, -0.2) is 29.1 Å². The number of fused-ring (bicyclic) bond motifs is 1. The summed E-state index contributed by atoms with van der Waals surface area (Å²) < 4.78 is 0. The van der Waals surface area contributed by atoms with Gasteiger partial charge in [-0.15, -0.1) is 11.8 Å². The Morgan fingerprint density at radius 1 is 1.29 bits per heavy atom. The second kappa shape index (κ2) is 5.97. The zero-order chi connectivity index (χ0) is 16.8. The third-order valence-corrected chi connectivity index (χ3v) is 5.53. The summed E-state index contributed by atoms with van der Waals surface area (Å²) in [5.74, 6) is 0.705. The van der Waals surface area contributed by atoms with E-state index in [0.29, 0.717) is 17.3 Å². The average Bonchev–Trinajstić information content (AvgIpc) is 3.35. The first-order valence-corrected chi connectivity index (χ1v) is 9.57. The number of thioether (sulfide) groups is 1.